The van der Waals surface area contributed by atoms with E-state index in [9.17, 15) is 9.59 Å². The smallest absolute Gasteiger partial charge is 0.270 e. The van der Waals surface area contributed by atoms with Gasteiger partial charge in [-0.05, 0) is 55.3 Å². The molecule has 0 aliphatic heterocycles. The molecule has 0 saturated heterocycles. The highest BCUT2D eigenvalue weighted by atomic mass is 16.5. The number of para-hydroxylation sites is 2. The lowest BCUT2D eigenvalue weighted by Gasteiger charge is -2.10. The zero-order valence-corrected chi connectivity index (χ0v) is 18.4. The number of ether oxygens (including phenoxy) is 2. The largest absolute Gasteiger partial charge is 0.493 e. The van der Waals surface area contributed by atoms with Crippen LogP contribution in [0.25, 0.3) is 0 Å². The van der Waals surface area contributed by atoms with E-state index in [0.717, 1.165) is 12.8 Å². The van der Waals surface area contributed by atoms with Gasteiger partial charge in [-0.1, -0.05) is 25.0 Å². The van der Waals surface area contributed by atoms with Gasteiger partial charge in [-0.3, -0.25) is 9.59 Å². The van der Waals surface area contributed by atoms with Gasteiger partial charge in [0, 0.05) is 17.8 Å². The lowest BCUT2D eigenvalue weighted by atomic mass is 10.2. The minimum atomic E-state index is -0.459. The first-order valence-electron chi connectivity index (χ1n) is 10.6. The topological polar surface area (TPSA) is 142 Å². The summed E-state index contributed by atoms with van der Waals surface area (Å²) in [5.74, 6) is 1.40. The highest BCUT2D eigenvalue weighted by Crippen LogP contribution is 2.30. The number of nitrogens with zero attached hydrogens (tertiary/aromatic N) is 2. The van der Waals surface area contributed by atoms with E-state index >= 15 is 0 Å². The Morgan fingerprint density at radius 3 is 2.27 bits per heavy atom. The Hall–Kier alpha value is -4.14. The van der Waals surface area contributed by atoms with Crippen LogP contribution < -0.4 is 26.3 Å². The Labute approximate surface area is 192 Å². The van der Waals surface area contributed by atoms with Crippen LogP contribution in [-0.4, -0.2) is 34.9 Å². The number of anilines is 1. The molecule has 1 aliphatic carbocycles. The maximum atomic E-state index is 11.7. The molecule has 0 spiro atoms. The number of carbonyl (C=O) groups is 2. The number of nitrogen functional groups attached to an aromatic ring is 1. The van der Waals surface area contributed by atoms with Gasteiger partial charge in [0.15, 0.2) is 11.5 Å². The molecule has 33 heavy (non-hydrogen) atoms. The minimum absolute atomic E-state index is 0.133. The van der Waals surface area contributed by atoms with E-state index < -0.39 is 5.91 Å². The van der Waals surface area contributed by atoms with Crippen LogP contribution in [0.3, 0.4) is 0 Å². The second-order valence-corrected chi connectivity index (χ2v) is 7.40. The average Bonchev–Trinajstić information content (AvgIpc) is 3.33. The molecule has 1 fully saturated rings. The third kappa shape index (κ3) is 6.93. The molecule has 1 aromatic heterocycles. The first-order chi connectivity index (χ1) is 16.0. The average molecular weight is 450 g/mol. The summed E-state index contributed by atoms with van der Waals surface area (Å²) in [5, 5.41) is 2.94. The van der Waals surface area contributed by atoms with Gasteiger partial charge >= 0.3 is 0 Å². The molecule has 172 valence electrons. The number of nitrogens with two attached hydrogens (primary N) is 2. The van der Waals surface area contributed by atoms with Crippen LogP contribution in [0.1, 0.15) is 46.5 Å². The van der Waals surface area contributed by atoms with Gasteiger partial charge in [0.25, 0.3) is 5.91 Å². The van der Waals surface area contributed by atoms with Crippen LogP contribution in [-0.2, 0) is 0 Å². The van der Waals surface area contributed by atoms with Gasteiger partial charge < -0.3 is 26.3 Å². The maximum absolute atomic E-state index is 11.7. The lowest BCUT2D eigenvalue weighted by Crippen LogP contribution is -2.33. The molecule has 0 radical (unpaired) electrons. The van der Waals surface area contributed by atoms with Crippen LogP contribution in [0.15, 0.2) is 60.8 Å². The number of rotatable bonds is 6. The number of carbonyl (C=O) groups excluding carboxylic acids is 2. The monoisotopic (exact) mass is 449 g/mol. The number of nitrogens with one attached hydrogen (secondary N) is 1. The molecule has 1 aliphatic rings. The zero-order chi connectivity index (χ0) is 23.6. The molecular formula is C24H27N5O4. The Morgan fingerprint density at radius 1 is 1.00 bits per heavy atom. The summed E-state index contributed by atoms with van der Waals surface area (Å²) in [6, 6.07) is 15.8. The fourth-order valence-electron chi connectivity index (χ4n) is 3.35. The molecule has 3 aromatic rings. The van der Waals surface area contributed by atoms with E-state index in [-0.39, 0.29) is 11.9 Å². The third-order valence-corrected chi connectivity index (χ3v) is 5.03. The van der Waals surface area contributed by atoms with Gasteiger partial charge in [0.2, 0.25) is 11.9 Å². The van der Waals surface area contributed by atoms with Gasteiger partial charge in [-0.2, -0.15) is 0 Å². The Balaban J connectivity index is 0.000000189. The standard InChI is InChI=1S/C14H13NO3.C10H14N4O/c1-17-12-4-2-3-5-13(12)18-11-8-6-10(7-9-11)14(15)16;11-10-12-6-5-8(14-10)9(15)13-7-3-1-2-4-7/h2-9H,1H3,(H2,15,16);5-7H,1-4H2,(H,13,15)(H2,11,12,14). The summed E-state index contributed by atoms with van der Waals surface area (Å²) in [7, 11) is 1.58. The first-order valence-corrected chi connectivity index (χ1v) is 10.6. The van der Waals surface area contributed by atoms with Gasteiger partial charge in [0.05, 0.1) is 7.11 Å². The molecule has 5 N–H and O–H groups in total. The number of aromatic nitrogens is 2. The van der Waals surface area contributed by atoms with E-state index in [1.54, 1.807) is 43.5 Å². The maximum Gasteiger partial charge on any atom is 0.270 e. The molecule has 2 aromatic carbocycles. The highest BCUT2D eigenvalue weighted by molar-refractivity contribution is 5.93. The van der Waals surface area contributed by atoms with Crippen molar-refractivity contribution < 1.29 is 19.1 Å². The Morgan fingerprint density at radius 2 is 1.67 bits per heavy atom. The number of benzene rings is 2. The molecule has 9 heteroatoms. The van der Waals surface area contributed by atoms with Crippen molar-refractivity contribution in [3.63, 3.8) is 0 Å². The second-order valence-electron chi connectivity index (χ2n) is 7.40. The van der Waals surface area contributed by atoms with Gasteiger partial charge in [0.1, 0.15) is 11.4 Å². The van der Waals surface area contributed by atoms with Gasteiger partial charge in [-0.15, -0.1) is 0 Å². The van der Waals surface area contributed by atoms with Crippen molar-refractivity contribution in [1.29, 1.82) is 0 Å². The summed E-state index contributed by atoms with van der Waals surface area (Å²) in [6.45, 7) is 0. The Kier molecular flexibility index (Phi) is 8.18. The van der Waals surface area contributed by atoms with Crippen LogP contribution in [0.2, 0.25) is 0 Å². The number of hydrogen-bond acceptors (Lipinski definition) is 7. The molecule has 9 nitrogen and oxygen atoms in total. The highest BCUT2D eigenvalue weighted by Gasteiger charge is 2.18. The van der Waals surface area contributed by atoms with Crippen LogP contribution in [0.5, 0.6) is 17.2 Å². The quantitative estimate of drug-likeness (QED) is 0.524. The van der Waals surface area contributed by atoms with E-state index in [0.29, 0.717) is 34.5 Å². The van der Waals surface area contributed by atoms with Crippen molar-refractivity contribution in [2.45, 2.75) is 31.7 Å². The van der Waals surface area contributed by atoms with Gasteiger partial charge in [-0.25, -0.2) is 9.97 Å². The van der Waals surface area contributed by atoms with Crippen molar-refractivity contribution in [3.8, 4) is 17.2 Å². The van der Waals surface area contributed by atoms with E-state index in [2.05, 4.69) is 15.3 Å². The van der Waals surface area contributed by atoms with Crippen molar-refractivity contribution in [3.05, 3.63) is 72.1 Å². The second kappa shape index (κ2) is 11.5. The van der Waals surface area contributed by atoms with Crippen molar-refractivity contribution in [2.75, 3.05) is 12.8 Å². The molecule has 4 rings (SSSR count). The van der Waals surface area contributed by atoms with E-state index in [4.69, 9.17) is 20.9 Å². The molecule has 1 heterocycles. The Bertz CT molecular complexity index is 1080. The molecular weight excluding hydrogens is 422 g/mol. The van der Waals surface area contributed by atoms with Crippen LogP contribution >= 0.6 is 0 Å². The summed E-state index contributed by atoms with van der Waals surface area (Å²) in [4.78, 5) is 30.2. The predicted molar refractivity (Wildman–Crippen MR) is 124 cm³/mol. The zero-order valence-electron chi connectivity index (χ0n) is 18.4. The summed E-state index contributed by atoms with van der Waals surface area (Å²) < 4.78 is 10.8. The number of hydrogen-bond donors (Lipinski definition) is 3. The fourth-order valence-corrected chi connectivity index (χ4v) is 3.35. The molecule has 0 bridgehead atoms. The van der Waals surface area contributed by atoms with Crippen LogP contribution in [0, 0.1) is 0 Å². The molecule has 1 saturated carbocycles. The summed E-state index contributed by atoms with van der Waals surface area (Å²) in [6.07, 6.45) is 6.00. The molecule has 0 atom stereocenters. The van der Waals surface area contributed by atoms with Crippen molar-refractivity contribution in [2.24, 2.45) is 5.73 Å². The molecule has 2 amide bonds. The third-order valence-electron chi connectivity index (χ3n) is 5.03. The van der Waals surface area contributed by atoms with E-state index in [1.807, 2.05) is 18.2 Å². The summed E-state index contributed by atoms with van der Waals surface area (Å²) >= 11 is 0. The predicted octanol–water partition coefficient (Wildman–Crippen LogP) is 3.32. The number of methoxy groups -OCH3 is 1. The number of amides is 2. The van der Waals surface area contributed by atoms with E-state index in [1.165, 1.54) is 19.0 Å². The van der Waals surface area contributed by atoms with Crippen molar-refractivity contribution in [1.82, 2.24) is 15.3 Å². The SMILES string of the molecule is COc1ccccc1Oc1ccc(C(N)=O)cc1.Nc1nccc(C(=O)NC2CCCC2)n1. The normalized spacial score (nSPS) is 12.9. The first kappa shape index (κ1) is 23.5. The fraction of sp³-hybridized carbons (Fsp3) is 0.250. The lowest BCUT2D eigenvalue weighted by molar-refractivity contribution is 0.0931. The van der Waals surface area contributed by atoms with Crippen molar-refractivity contribution >= 4 is 17.8 Å². The summed E-state index contributed by atoms with van der Waals surface area (Å²) in [5.41, 5.74) is 11.4. The minimum Gasteiger partial charge on any atom is -0.493 e. The van der Waals surface area contributed by atoms with Crippen LogP contribution in [0.4, 0.5) is 5.95 Å². The number of primary amides is 1. The molecule has 0 unspecified atom stereocenters.